The minimum Gasteiger partial charge on any atom is -0.507 e. The molecule has 0 saturated heterocycles. The van der Waals surface area contributed by atoms with E-state index in [1.54, 1.807) is 12.1 Å². The van der Waals surface area contributed by atoms with Crippen LogP contribution >= 0.6 is 0 Å². The quantitative estimate of drug-likeness (QED) is 0.562. The number of aromatic nitrogens is 2. The van der Waals surface area contributed by atoms with Gasteiger partial charge in [0.15, 0.2) is 0 Å². The average Bonchev–Trinajstić information content (AvgIpc) is 2.29. The maximum Gasteiger partial charge on any atom is 0.125 e. The number of hydrogen-bond acceptors (Lipinski definition) is 3. The highest BCUT2D eigenvalue weighted by Gasteiger charge is 2.05. The topological polar surface area (TPSA) is 46.0 Å². The lowest BCUT2D eigenvalue weighted by Gasteiger charge is -2.02. The van der Waals surface area contributed by atoms with E-state index < -0.39 is 0 Å². The van der Waals surface area contributed by atoms with Crippen molar-refractivity contribution < 1.29 is 5.11 Å². The minimum atomic E-state index is 0.249. The summed E-state index contributed by atoms with van der Waals surface area (Å²) in [4.78, 5) is 0. The van der Waals surface area contributed by atoms with Gasteiger partial charge in [-0.1, -0.05) is 24.3 Å². The predicted molar refractivity (Wildman–Crippen MR) is 58.7 cm³/mol. The number of rotatable bonds is 0. The van der Waals surface area contributed by atoms with E-state index in [1.807, 2.05) is 30.3 Å². The normalized spacial score (nSPS) is 10.9. The molecule has 15 heavy (non-hydrogen) atoms. The number of benzene rings is 2. The number of phenolic OH excluding ortho intramolecular Hbond substituents is 1. The smallest absolute Gasteiger partial charge is 0.125 e. The van der Waals surface area contributed by atoms with E-state index in [4.69, 9.17) is 0 Å². The minimum absolute atomic E-state index is 0.249. The van der Waals surface area contributed by atoms with Crippen molar-refractivity contribution in [1.82, 2.24) is 10.2 Å². The second kappa shape index (κ2) is 2.92. The summed E-state index contributed by atoms with van der Waals surface area (Å²) in [5.41, 5.74) is 1.51. The molecule has 3 rings (SSSR count). The molecule has 0 saturated carbocycles. The van der Waals surface area contributed by atoms with Crippen LogP contribution in [0.15, 0.2) is 42.5 Å². The Bertz CT molecular complexity index is 649. The van der Waals surface area contributed by atoms with Crippen LogP contribution in [0.5, 0.6) is 5.75 Å². The Morgan fingerprint density at radius 1 is 0.800 bits per heavy atom. The number of phenols is 1. The van der Waals surface area contributed by atoms with E-state index in [1.165, 1.54) is 0 Å². The van der Waals surface area contributed by atoms with Gasteiger partial charge in [-0.15, -0.1) is 10.2 Å². The highest BCUT2D eigenvalue weighted by molar-refractivity contribution is 6.06. The van der Waals surface area contributed by atoms with Crippen LogP contribution in [0.1, 0.15) is 0 Å². The third kappa shape index (κ3) is 1.13. The third-order valence-electron chi connectivity index (χ3n) is 2.46. The molecule has 3 heteroatoms. The Kier molecular flexibility index (Phi) is 1.59. The van der Waals surface area contributed by atoms with Crippen LogP contribution in [0.4, 0.5) is 0 Å². The van der Waals surface area contributed by atoms with Gasteiger partial charge in [0.25, 0.3) is 0 Å². The van der Waals surface area contributed by atoms with Crippen LogP contribution in [0.3, 0.4) is 0 Å². The van der Waals surface area contributed by atoms with Gasteiger partial charge < -0.3 is 5.11 Å². The van der Waals surface area contributed by atoms with Crippen molar-refractivity contribution in [2.75, 3.05) is 0 Å². The van der Waals surface area contributed by atoms with Gasteiger partial charge in [-0.05, 0) is 18.2 Å². The second-order valence-corrected chi connectivity index (χ2v) is 3.39. The molecular formula is C12H8N2O. The molecule has 0 radical (unpaired) electrons. The summed E-state index contributed by atoms with van der Waals surface area (Å²) >= 11 is 0. The van der Waals surface area contributed by atoms with Crippen LogP contribution in [0.25, 0.3) is 21.8 Å². The fourth-order valence-electron chi connectivity index (χ4n) is 1.77. The van der Waals surface area contributed by atoms with Gasteiger partial charge in [-0.3, -0.25) is 0 Å². The van der Waals surface area contributed by atoms with E-state index in [0.29, 0.717) is 5.52 Å². The molecule has 0 aliphatic carbocycles. The van der Waals surface area contributed by atoms with Gasteiger partial charge in [0.1, 0.15) is 5.75 Å². The molecule has 3 nitrogen and oxygen atoms in total. The Morgan fingerprint density at radius 3 is 2.47 bits per heavy atom. The SMILES string of the molecule is Oc1cccc2nnc3ccccc3c12. The van der Waals surface area contributed by atoms with E-state index in [9.17, 15) is 5.11 Å². The summed E-state index contributed by atoms with van der Waals surface area (Å²) in [6.45, 7) is 0. The number of aromatic hydroxyl groups is 1. The van der Waals surface area contributed by atoms with Crippen molar-refractivity contribution in [2.24, 2.45) is 0 Å². The zero-order valence-electron chi connectivity index (χ0n) is 7.88. The molecule has 3 aromatic rings. The molecule has 0 spiro atoms. The lowest BCUT2D eigenvalue weighted by atomic mass is 10.1. The molecule has 1 heterocycles. The zero-order valence-corrected chi connectivity index (χ0v) is 7.88. The molecule has 0 fully saturated rings. The van der Waals surface area contributed by atoms with Crippen LogP contribution in [-0.4, -0.2) is 15.3 Å². The summed E-state index contributed by atoms with van der Waals surface area (Å²) in [7, 11) is 0. The highest BCUT2D eigenvalue weighted by Crippen LogP contribution is 2.28. The first-order valence-electron chi connectivity index (χ1n) is 4.69. The molecule has 0 atom stereocenters. The first kappa shape index (κ1) is 8.17. The van der Waals surface area contributed by atoms with Crippen LogP contribution in [0.2, 0.25) is 0 Å². The molecule has 0 aliphatic heterocycles. The van der Waals surface area contributed by atoms with Crippen molar-refractivity contribution in [1.29, 1.82) is 0 Å². The number of hydrogen-bond donors (Lipinski definition) is 1. The van der Waals surface area contributed by atoms with Crippen LogP contribution in [-0.2, 0) is 0 Å². The van der Waals surface area contributed by atoms with E-state index in [-0.39, 0.29) is 5.75 Å². The third-order valence-corrected chi connectivity index (χ3v) is 2.46. The molecule has 0 amide bonds. The predicted octanol–water partition coefficient (Wildman–Crippen LogP) is 2.49. The first-order chi connectivity index (χ1) is 7.36. The van der Waals surface area contributed by atoms with Gasteiger partial charge in [0.05, 0.1) is 16.4 Å². The molecule has 1 N–H and O–H groups in total. The summed E-state index contributed by atoms with van der Waals surface area (Å²) < 4.78 is 0. The Balaban J connectivity index is 2.64. The summed E-state index contributed by atoms with van der Waals surface area (Å²) in [5.74, 6) is 0.249. The first-order valence-corrected chi connectivity index (χ1v) is 4.69. The van der Waals surface area contributed by atoms with Crippen molar-refractivity contribution >= 4 is 21.8 Å². The van der Waals surface area contributed by atoms with E-state index >= 15 is 0 Å². The largest absolute Gasteiger partial charge is 0.507 e. The van der Waals surface area contributed by atoms with Gasteiger partial charge in [-0.2, -0.15) is 0 Å². The van der Waals surface area contributed by atoms with Crippen molar-refractivity contribution in [3.8, 4) is 5.75 Å². The molecule has 0 bridgehead atoms. The molecule has 72 valence electrons. The van der Waals surface area contributed by atoms with Crippen LogP contribution < -0.4 is 0 Å². The molecule has 1 aromatic heterocycles. The summed E-state index contributed by atoms with van der Waals surface area (Å²) in [6, 6.07) is 12.9. The van der Waals surface area contributed by atoms with Gasteiger partial charge in [0.2, 0.25) is 0 Å². The molecule has 2 aromatic carbocycles. The Hall–Kier alpha value is -2.16. The van der Waals surface area contributed by atoms with E-state index in [0.717, 1.165) is 16.3 Å². The highest BCUT2D eigenvalue weighted by atomic mass is 16.3. The molecular weight excluding hydrogens is 188 g/mol. The standard InChI is InChI=1S/C12H8N2O/c15-11-7-3-6-10-12(11)8-4-1-2-5-9(8)13-14-10/h1-7,15H. The van der Waals surface area contributed by atoms with Crippen LogP contribution in [0, 0.1) is 0 Å². The second-order valence-electron chi connectivity index (χ2n) is 3.39. The summed E-state index contributed by atoms with van der Waals surface area (Å²) in [6.07, 6.45) is 0. The Labute approximate surface area is 86.0 Å². The number of nitrogens with zero attached hydrogens (tertiary/aromatic N) is 2. The lowest BCUT2D eigenvalue weighted by molar-refractivity contribution is 0.482. The lowest BCUT2D eigenvalue weighted by Crippen LogP contribution is -1.86. The maximum absolute atomic E-state index is 9.80. The van der Waals surface area contributed by atoms with Gasteiger partial charge in [-0.25, -0.2) is 0 Å². The monoisotopic (exact) mass is 196 g/mol. The average molecular weight is 196 g/mol. The van der Waals surface area contributed by atoms with Crippen molar-refractivity contribution in [3.05, 3.63) is 42.5 Å². The van der Waals surface area contributed by atoms with Crippen molar-refractivity contribution in [3.63, 3.8) is 0 Å². The maximum atomic E-state index is 9.80. The van der Waals surface area contributed by atoms with E-state index in [2.05, 4.69) is 10.2 Å². The van der Waals surface area contributed by atoms with Gasteiger partial charge >= 0.3 is 0 Å². The fraction of sp³-hybridized carbons (Fsp3) is 0. The Morgan fingerprint density at radius 2 is 1.53 bits per heavy atom. The summed E-state index contributed by atoms with van der Waals surface area (Å²) in [5, 5.41) is 19.6. The molecule has 0 unspecified atom stereocenters. The number of fused-ring (bicyclic) bond motifs is 3. The fourth-order valence-corrected chi connectivity index (χ4v) is 1.77. The van der Waals surface area contributed by atoms with Crippen molar-refractivity contribution in [2.45, 2.75) is 0 Å². The molecule has 0 aliphatic rings. The zero-order chi connectivity index (χ0) is 10.3. The van der Waals surface area contributed by atoms with Gasteiger partial charge in [0, 0.05) is 5.39 Å².